The van der Waals surface area contributed by atoms with Crippen molar-refractivity contribution in [2.45, 2.75) is 0 Å². The molecule has 0 aliphatic carbocycles. The average molecular weight is 131 g/mol. The number of halogens is 1. The highest BCUT2D eigenvalue weighted by atomic mass is 19.1. The minimum absolute atomic E-state index is 0.437. The summed E-state index contributed by atoms with van der Waals surface area (Å²) in [5, 5.41) is 14.6. The van der Waals surface area contributed by atoms with Gasteiger partial charge in [0.05, 0.1) is 6.07 Å². The van der Waals surface area contributed by atoms with E-state index in [0.29, 0.717) is 6.07 Å². The molecule has 0 saturated heterocycles. The second-order valence-corrected chi connectivity index (χ2v) is 1.33. The predicted molar refractivity (Wildman–Crippen MR) is 25.2 cm³/mol. The Morgan fingerprint density at radius 1 is 1.89 bits per heavy atom. The molecule has 0 bridgehead atoms. The first-order chi connectivity index (χ1) is 4.20. The molecule has 0 unspecified atom stereocenters. The summed E-state index contributed by atoms with van der Waals surface area (Å²) in [7, 11) is 0. The number of nitro groups is 1. The van der Waals surface area contributed by atoms with Crippen LogP contribution in [-0.2, 0) is 0 Å². The van der Waals surface area contributed by atoms with E-state index in [0.717, 1.165) is 0 Å². The molecule has 9 heavy (non-hydrogen) atoms. The smallest absolute Gasteiger partial charge is 0.345 e. The van der Waals surface area contributed by atoms with Crippen LogP contribution in [-0.4, -0.2) is 15.1 Å². The Bertz CT molecular complexity index is 233. The molecule has 6 heteroatoms. The molecule has 0 aliphatic rings. The summed E-state index contributed by atoms with van der Waals surface area (Å²) in [6.07, 6.45) is 0. The zero-order chi connectivity index (χ0) is 6.85. The van der Waals surface area contributed by atoms with Gasteiger partial charge in [-0.3, -0.25) is 0 Å². The van der Waals surface area contributed by atoms with E-state index < -0.39 is 16.7 Å². The van der Waals surface area contributed by atoms with Gasteiger partial charge in [0.25, 0.3) is 5.95 Å². The second-order valence-electron chi connectivity index (χ2n) is 1.33. The maximum atomic E-state index is 11.8. The maximum Gasteiger partial charge on any atom is 0.345 e. The molecule has 1 rings (SSSR count). The van der Waals surface area contributed by atoms with Crippen molar-refractivity contribution in [3.05, 3.63) is 22.1 Å². The van der Waals surface area contributed by atoms with E-state index in [1.165, 1.54) is 0 Å². The van der Waals surface area contributed by atoms with E-state index in [1.807, 2.05) is 5.10 Å². The topological polar surface area (TPSA) is 71.8 Å². The van der Waals surface area contributed by atoms with E-state index in [2.05, 4.69) is 5.10 Å². The van der Waals surface area contributed by atoms with Gasteiger partial charge in [0.2, 0.25) is 0 Å². The Kier molecular flexibility index (Phi) is 1.14. The number of aromatic amines is 1. The van der Waals surface area contributed by atoms with Crippen molar-refractivity contribution < 1.29 is 9.31 Å². The van der Waals surface area contributed by atoms with Gasteiger partial charge in [-0.05, 0) is 4.92 Å². The molecular formula is C3H2FN3O2. The summed E-state index contributed by atoms with van der Waals surface area (Å²) in [5.74, 6) is -1.31. The lowest BCUT2D eigenvalue weighted by Crippen LogP contribution is -1.86. The summed E-state index contributed by atoms with van der Waals surface area (Å²) >= 11 is 0. The van der Waals surface area contributed by atoms with Crippen LogP contribution in [0.5, 0.6) is 0 Å². The molecule has 0 radical (unpaired) electrons. The van der Waals surface area contributed by atoms with Crippen molar-refractivity contribution in [1.29, 1.82) is 0 Å². The lowest BCUT2D eigenvalue weighted by Gasteiger charge is -1.82. The van der Waals surface area contributed by atoms with E-state index >= 15 is 0 Å². The Morgan fingerprint density at radius 3 is 2.78 bits per heavy atom. The number of nitrogens with zero attached hydrogens (tertiary/aromatic N) is 2. The first kappa shape index (κ1) is 5.67. The molecule has 0 aliphatic heterocycles. The second kappa shape index (κ2) is 1.81. The standard InChI is InChI=1S/C3H2FN3O2/c4-2-1-3(6-5-2)7(8)9/h1H,(H,5,6). The van der Waals surface area contributed by atoms with Gasteiger partial charge in [0.15, 0.2) is 0 Å². The normalized spacial score (nSPS) is 9.44. The number of hydrogen-bond donors (Lipinski definition) is 1. The van der Waals surface area contributed by atoms with Gasteiger partial charge in [-0.1, -0.05) is 5.10 Å². The first-order valence-corrected chi connectivity index (χ1v) is 2.05. The molecule has 0 aromatic carbocycles. The van der Waals surface area contributed by atoms with Crippen molar-refractivity contribution in [1.82, 2.24) is 10.2 Å². The third kappa shape index (κ3) is 1.01. The predicted octanol–water partition coefficient (Wildman–Crippen LogP) is 0.457. The van der Waals surface area contributed by atoms with Gasteiger partial charge >= 0.3 is 5.82 Å². The number of rotatable bonds is 1. The monoisotopic (exact) mass is 131 g/mol. The van der Waals surface area contributed by atoms with Crippen LogP contribution < -0.4 is 0 Å². The van der Waals surface area contributed by atoms with Gasteiger partial charge in [-0.2, -0.15) is 4.39 Å². The summed E-state index contributed by atoms with van der Waals surface area (Å²) in [4.78, 5) is 9.03. The molecule has 1 N–H and O–H groups in total. The van der Waals surface area contributed by atoms with Gasteiger partial charge in [0.1, 0.15) is 0 Å². The molecule has 0 fully saturated rings. The van der Waals surface area contributed by atoms with Gasteiger partial charge in [-0.15, -0.1) is 5.10 Å². The van der Waals surface area contributed by atoms with E-state index in [9.17, 15) is 14.5 Å². The Labute approximate surface area is 48.6 Å². The molecule has 1 aromatic rings. The fraction of sp³-hybridized carbons (Fsp3) is 0. The molecule has 0 saturated carbocycles. The average Bonchev–Trinajstić information content (AvgIpc) is 2.14. The Hall–Kier alpha value is -1.46. The molecule has 5 nitrogen and oxygen atoms in total. The summed E-state index contributed by atoms with van der Waals surface area (Å²) in [5.41, 5.74) is 0. The number of H-pyrrole nitrogens is 1. The zero-order valence-electron chi connectivity index (χ0n) is 4.17. The minimum Gasteiger partial charge on any atom is -0.358 e. The first-order valence-electron chi connectivity index (χ1n) is 2.05. The van der Waals surface area contributed by atoms with E-state index in [-0.39, 0.29) is 0 Å². The SMILES string of the molecule is O=[N+]([O-])c1cc(F)n[nH]1. The third-order valence-corrected chi connectivity index (χ3v) is 0.730. The van der Waals surface area contributed by atoms with Gasteiger partial charge in [0, 0.05) is 0 Å². The summed E-state index contributed by atoms with van der Waals surface area (Å²) in [6.45, 7) is 0. The van der Waals surface area contributed by atoms with Crippen LogP contribution in [0.15, 0.2) is 6.07 Å². The zero-order valence-corrected chi connectivity index (χ0v) is 4.17. The number of nitrogens with one attached hydrogen (secondary N) is 1. The van der Waals surface area contributed by atoms with Crippen molar-refractivity contribution in [2.75, 3.05) is 0 Å². The van der Waals surface area contributed by atoms with Crippen molar-refractivity contribution in [2.24, 2.45) is 0 Å². The van der Waals surface area contributed by atoms with E-state index in [1.54, 1.807) is 0 Å². The molecular weight excluding hydrogens is 129 g/mol. The molecule has 0 amide bonds. The highest BCUT2D eigenvalue weighted by Crippen LogP contribution is 2.04. The minimum atomic E-state index is -0.873. The summed E-state index contributed by atoms with van der Waals surface area (Å²) < 4.78 is 11.8. The molecule has 48 valence electrons. The quantitative estimate of drug-likeness (QED) is 0.444. The molecule has 0 atom stereocenters. The van der Waals surface area contributed by atoms with Crippen LogP contribution in [0.2, 0.25) is 0 Å². The van der Waals surface area contributed by atoms with Crippen molar-refractivity contribution >= 4 is 5.82 Å². The molecule has 1 heterocycles. The molecule has 1 aromatic heterocycles. The van der Waals surface area contributed by atoms with Crippen molar-refractivity contribution in [3.63, 3.8) is 0 Å². The number of aromatic nitrogens is 2. The number of hydrogen-bond acceptors (Lipinski definition) is 3. The third-order valence-electron chi connectivity index (χ3n) is 0.730. The largest absolute Gasteiger partial charge is 0.358 e. The maximum absolute atomic E-state index is 11.8. The van der Waals surface area contributed by atoms with Crippen LogP contribution in [0.1, 0.15) is 0 Å². The fourth-order valence-corrected chi connectivity index (χ4v) is 0.382. The Morgan fingerprint density at radius 2 is 2.56 bits per heavy atom. The van der Waals surface area contributed by atoms with Gasteiger partial charge < -0.3 is 10.1 Å². The van der Waals surface area contributed by atoms with Crippen molar-refractivity contribution in [3.8, 4) is 0 Å². The van der Waals surface area contributed by atoms with E-state index in [4.69, 9.17) is 0 Å². The molecule has 0 spiro atoms. The lowest BCUT2D eigenvalue weighted by molar-refractivity contribution is -0.389. The van der Waals surface area contributed by atoms with Gasteiger partial charge in [-0.25, -0.2) is 0 Å². The van der Waals surface area contributed by atoms with Crippen LogP contribution >= 0.6 is 0 Å². The fourth-order valence-electron chi connectivity index (χ4n) is 0.382. The highest BCUT2D eigenvalue weighted by Gasteiger charge is 2.07. The Balaban J connectivity index is 2.98. The van der Waals surface area contributed by atoms with Crippen LogP contribution in [0.25, 0.3) is 0 Å². The lowest BCUT2D eigenvalue weighted by atomic mass is 10.6. The summed E-state index contributed by atoms with van der Waals surface area (Å²) in [6, 6.07) is 0.708. The van der Waals surface area contributed by atoms with Crippen LogP contribution in [0.4, 0.5) is 10.2 Å². The highest BCUT2D eigenvalue weighted by molar-refractivity contribution is 5.13. The van der Waals surface area contributed by atoms with Crippen LogP contribution in [0, 0.1) is 16.1 Å². The van der Waals surface area contributed by atoms with Crippen LogP contribution in [0.3, 0.4) is 0 Å².